The molecule has 0 spiro atoms. The highest BCUT2D eigenvalue weighted by Gasteiger charge is 2.19. The van der Waals surface area contributed by atoms with E-state index in [2.05, 4.69) is 0 Å². The third-order valence-electron chi connectivity index (χ3n) is 2.32. The molecule has 0 aromatic carbocycles. The predicted octanol–water partition coefficient (Wildman–Crippen LogP) is 1.23. The highest BCUT2D eigenvalue weighted by atomic mass is 16.5. The number of nitrogens with one attached hydrogen (secondary N) is 1. The fraction of sp³-hybridized carbons (Fsp3) is 0.889. The number of amides is 1. The summed E-state index contributed by atoms with van der Waals surface area (Å²) in [5, 5.41) is 8.29. The standard InChI is InChI=1S/C9H17NO3/c1-7(6-9(11)10-12)13-8-4-2-3-5-8/h7-8,12H,2-6H2,1H3,(H,10,11)/t7-/m1/s1. The van der Waals surface area contributed by atoms with E-state index in [1.807, 2.05) is 6.92 Å². The van der Waals surface area contributed by atoms with Crippen molar-refractivity contribution in [3.05, 3.63) is 0 Å². The fourth-order valence-corrected chi connectivity index (χ4v) is 1.71. The van der Waals surface area contributed by atoms with Crippen molar-refractivity contribution in [2.45, 2.75) is 51.2 Å². The Labute approximate surface area is 78.2 Å². The summed E-state index contributed by atoms with van der Waals surface area (Å²) in [6.07, 6.45) is 5.10. The van der Waals surface area contributed by atoms with Gasteiger partial charge >= 0.3 is 0 Å². The molecule has 2 N–H and O–H groups in total. The second kappa shape index (κ2) is 5.19. The third kappa shape index (κ3) is 3.74. The maximum Gasteiger partial charge on any atom is 0.245 e. The van der Waals surface area contributed by atoms with Crippen molar-refractivity contribution in [2.24, 2.45) is 0 Å². The second-order valence-corrected chi connectivity index (χ2v) is 3.59. The molecule has 76 valence electrons. The summed E-state index contributed by atoms with van der Waals surface area (Å²) >= 11 is 0. The van der Waals surface area contributed by atoms with Gasteiger partial charge in [0.15, 0.2) is 0 Å². The first-order valence-corrected chi connectivity index (χ1v) is 4.80. The Bertz CT molecular complexity index is 166. The van der Waals surface area contributed by atoms with Crippen LogP contribution in [0, 0.1) is 0 Å². The molecule has 4 nitrogen and oxygen atoms in total. The van der Waals surface area contributed by atoms with Gasteiger partial charge in [-0.1, -0.05) is 12.8 Å². The van der Waals surface area contributed by atoms with Gasteiger partial charge in [0.05, 0.1) is 18.6 Å². The predicted molar refractivity (Wildman–Crippen MR) is 47.3 cm³/mol. The molecule has 1 amide bonds. The molecular formula is C9H17NO3. The SMILES string of the molecule is C[C@H](CC(=O)NO)OC1CCCC1. The van der Waals surface area contributed by atoms with E-state index in [1.165, 1.54) is 12.8 Å². The van der Waals surface area contributed by atoms with E-state index in [0.29, 0.717) is 6.10 Å². The highest BCUT2D eigenvalue weighted by Crippen LogP contribution is 2.22. The lowest BCUT2D eigenvalue weighted by atomic mass is 10.2. The molecule has 1 fully saturated rings. The van der Waals surface area contributed by atoms with Crippen LogP contribution in [-0.4, -0.2) is 23.3 Å². The van der Waals surface area contributed by atoms with Gasteiger partial charge in [0.1, 0.15) is 0 Å². The van der Waals surface area contributed by atoms with Crippen LogP contribution in [0.2, 0.25) is 0 Å². The van der Waals surface area contributed by atoms with Crippen LogP contribution in [0.1, 0.15) is 39.0 Å². The number of hydrogen-bond donors (Lipinski definition) is 2. The summed E-state index contributed by atoms with van der Waals surface area (Å²) in [6, 6.07) is 0. The van der Waals surface area contributed by atoms with Crippen molar-refractivity contribution in [1.82, 2.24) is 5.48 Å². The van der Waals surface area contributed by atoms with Crippen molar-refractivity contribution in [1.29, 1.82) is 0 Å². The van der Waals surface area contributed by atoms with Gasteiger partial charge in [0.25, 0.3) is 0 Å². The van der Waals surface area contributed by atoms with Gasteiger partial charge in [0, 0.05) is 0 Å². The largest absolute Gasteiger partial charge is 0.375 e. The first-order valence-electron chi connectivity index (χ1n) is 4.80. The van der Waals surface area contributed by atoms with Crippen molar-refractivity contribution < 1.29 is 14.7 Å². The summed E-state index contributed by atoms with van der Waals surface area (Å²) in [7, 11) is 0. The molecule has 1 aliphatic rings. The van der Waals surface area contributed by atoms with Gasteiger partial charge in [-0.05, 0) is 19.8 Å². The van der Waals surface area contributed by atoms with Crippen LogP contribution in [0.3, 0.4) is 0 Å². The number of hydroxylamine groups is 1. The Kier molecular flexibility index (Phi) is 4.18. The van der Waals surface area contributed by atoms with E-state index >= 15 is 0 Å². The van der Waals surface area contributed by atoms with E-state index in [4.69, 9.17) is 9.94 Å². The molecule has 1 atom stereocenters. The number of hydrogen-bond acceptors (Lipinski definition) is 3. The molecule has 13 heavy (non-hydrogen) atoms. The topological polar surface area (TPSA) is 58.6 Å². The molecule has 0 unspecified atom stereocenters. The van der Waals surface area contributed by atoms with Gasteiger partial charge in [-0.15, -0.1) is 0 Å². The summed E-state index contributed by atoms with van der Waals surface area (Å²) in [5.41, 5.74) is 1.60. The van der Waals surface area contributed by atoms with Crippen molar-refractivity contribution in [3.8, 4) is 0 Å². The molecule has 0 aliphatic heterocycles. The normalized spacial score (nSPS) is 20.2. The molecular weight excluding hydrogens is 170 g/mol. The quantitative estimate of drug-likeness (QED) is 0.514. The molecule has 4 heteroatoms. The summed E-state index contributed by atoms with van der Waals surface area (Å²) in [6.45, 7) is 1.85. The Morgan fingerprint density at radius 1 is 1.62 bits per heavy atom. The summed E-state index contributed by atoms with van der Waals surface area (Å²) in [4.78, 5) is 10.8. The Morgan fingerprint density at radius 3 is 2.77 bits per heavy atom. The van der Waals surface area contributed by atoms with Crippen LogP contribution >= 0.6 is 0 Å². The molecule has 0 saturated heterocycles. The van der Waals surface area contributed by atoms with E-state index in [1.54, 1.807) is 5.48 Å². The minimum atomic E-state index is -0.384. The molecule has 0 radical (unpaired) electrons. The summed E-state index contributed by atoms with van der Waals surface area (Å²) < 4.78 is 5.61. The van der Waals surface area contributed by atoms with Crippen molar-refractivity contribution in [2.75, 3.05) is 0 Å². The monoisotopic (exact) mass is 187 g/mol. The number of ether oxygens (including phenoxy) is 1. The van der Waals surface area contributed by atoms with Crippen LogP contribution < -0.4 is 5.48 Å². The number of carbonyl (C=O) groups is 1. The smallest absolute Gasteiger partial charge is 0.245 e. The minimum absolute atomic E-state index is 0.102. The van der Waals surface area contributed by atoms with Crippen LogP contribution in [0.25, 0.3) is 0 Å². The van der Waals surface area contributed by atoms with E-state index < -0.39 is 0 Å². The number of carbonyl (C=O) groups excluding carboxylic acids is 1. The van der Waals surface area contributed by atoms with Gasteiger partial charge in [-0.3, -0.25) is 10.0 Å². The first-order chi connectivity index (χ1) is 6.22. The lowest BCUT2D eigenvalue weighted by molar-refractivity contribution is -0.132. The average Bonchev–Trinajstić information content (AvgIpc) is 2.56. The molecule has 1 aliphatic carbocycles. The lowest BCUT2D eigenvalue weighted by Crippen LogP contribution is -2.26. The highest BCUT2D eigenvalue weighted by molar-refractivity contribution is 5.74. The zero-order valence-corrected chi connectivity index (χ0v) is 7.95. The zero-order valence-electron chi connectivity index (χ0n) is 7.95. The molecule has 1 rings (SSSR count). The molecule has 0 bridgehead atoms. The first kappa shape index (κ1) is 10.5. The maximum atomic E-state index is 10.8. The molecule has 0 heterocycles. The van der Waals surface area contributed by atoms with Gasteiger partial charge in [-0.25, -0.2) is 5.48 Å². The van der Waals surface area contributed by atoms with E-state index in [-0.39, 0.29) is 18.4 Å². The van der Waals surface area contributed by atoms with Crippen LogP contribution in [0.15, 0.2) is 0 Å². The minimum Gasteiger partial charge on any atom is -0.375 e. The van der Waals surface area contributed by atoms with Gasteiger partial charge in [-0.2, -0.15) is 0 Å². The second-order valence-electron chi connectivity index (χ2n) is 3.59. The van der Waals surface area contributed by atoms with E-state index in [0.717, 1.165) is 12.8 Å². The Morgan fingerprint density at radius 2 is 2.23 bits per heavy atom. The van der Waals surface area contributed by atoms with Crippen molar-refractivity contribution in [3.63, 3.8) is 0 Å². The fourth-order valence-electron chi connectivity index (χ4n) is 1.71. The van der Waals surface area contributed by atoms with Crippen LogP contribution in [0.4, 0.5) is 0 Å². The summed E-state index contributed by atoms with van der Waals surface area (Å²) in [5.74, 6) is -0.384. The molecule has 1 saturated carbocycles. The Balaban J connectivity index is 2.16. The van der Waals surface area contributed by atoms with Crippen LogP contribution in [-0.2, 0) is 9.53 Å². The number of rotatable bonds is 4. The van der Waals surface area contributed by atoms with Crippen molar-refractivity contribution >= 4 is 5.91 Å². The average molecular weight is 187 g/mol. The maximum absolute atomic E-state index is 10.8. The zero-order chi connectivity index (χ0) is 9.68. The molecule has 0 aromatic heterocycles. The van der Waals surface area contributed by atoms with E-state index in [9.17, 15) is 4.79 Å². The third-order valence-corrected chi connectivity index (χ3v) is 2.32. The van der Waals surface area contributed by atoms with Gasteiger partial charge in [0.2, 0.25) is 5.91 Å². The van der Waals surface area contributed by atoms with Gasteiger partial charge < -0.3 is 4.74 Å². The lowest BCUT2D eigenvalue weighted by Gasteiger charge is -2.17. The Hall–Kier alpha value is -0.610. The van der Waals surface area contributed by atoms with Crippen LogP contribution in [0.5, 0.6) is 0 Å². The molecule has 0 aromatic rings.